The normalized spacial score (nSPS) is 20.9. The van der Waals surface area contributed by atoms with E-state index in [9.17, 15) is 14.4 Å². The van der Waals surface area contributed by atoms with Gasteiger partial charge in [-0.25, -0.2) is 4.79 Å². The summed E-state index contributed by atoms with van der Waals surface area (Å²) in [6, 6.07) is 0.990. The number of rotatable bonds is 6. The first-order valence-electron chi connectivity index (χ1n) is 8.66. The van der Waals surface area contributed by atoms with Gasteiger partial charge in [-0.05, 0) is 44.2 Å². The van der Waals surface area contributed by atoms with Gasteiger partial charge >= 0.3 is 6.03 Å². The molecule has 4 amide bonds. The highest BCUT2D eigenvalue weighted by molar-refractivity contribution is 5.94. The van der Waals surface area contributed by atoms with E-state index in [0.29, 0.717) is 24.7 Å². The van der Waals surface area contributed by atoms with E-state index >= 15 is 0 Å². The van der Waals surface area contributed by atoms with Gasteiger partial charge in [0.2, 0.25) is 5.91 Å². The fourth-order valence-electron chi connectivity index (χ4n) is 3.23. The van der Waals surface area contributed by atoms with Crippen LogP contribution in [0.5, 0.6) is 0 Å². The molecule has 2 aliphatic rings. The van der Waals surface area contributed by atoms with Crippen LogP contribution in [0.1, 0.15) is 47.8 Å². The predicted octanol–water partition coefficient (Wildman–Crippen LogP) is -0.0762. The number of aromatic nitrogens is 2. The molecule has 1 saturated carbocycles. The highest BCUT2D eigenvalue weighted by Gasteiger charge is 2.27. The molecule has 3 rings (SSSR count). The van der Waals surface area contributed by atoms with Crippen LogP contribution >= 0.6 is 0 Å². The molecule has 2 fully saturated rings. The Hall–Kier alpha value is -2.42. The standard InChI is InChI=1S/C16H24N6O3/c17-16(25)19-14(23)9-22-5-1-2-10(8-22)7-18-15(24)13-6-12(20-21-13)11-3-4-11/h6,10-11H,1-5,7-9H2,(H,18,24)(H,20,21)(H3,17,19,23,25). The zero-order valence-electron chi connectivity index (χ0n) is 14.1. The number of imide groups is 1. The lowest BCUT2D eigenvalue weighted by Crippen LogP contribution is -2.47. The van der Waals surface area contributed by atoms with Crippen molar-refractivity contribution in [1.82, 2.24) is 25.7 Å². The fraction of sp³-hybridized carbons (Fsp3) is 0.625. The third-order valence-electron chi connectivity index (χ3n) is 4.63. The summed E-state index contributed by atoms with van der Waals surface area (Å²) in [7, 11) is 0. The van der Waals surface area contributed by atoms with Crippen molar-refractivity contribution in [2.24, 2.45) is 11.7 Å². The smallest absolute Gasteiger partial charge is 0.318 e. The Bertz CT molecular complexity index is 654. The van der Waals surface area contributed by atoms with Crippen LogP contribution in [0.2, 0.25) is 0 Å². The van der Waals surface area contributed by atoms with Gasteiger partial charge in [0.1, 0.15) is 5.69 Å². The number of nitrogens with zero attached hydrogens (tertiary/aromatic N) is 2. The lowest BCUT2D eigenvalue weighted by Gasteiger charge is -2.32. The van der Waals surface area contributed by atoms with Crippen LogP contribution in [0.3, 0.4) is 0 Å². The fourth-order valence-corrected chi connectivity index (χ4v) is 3.23. The number of nitrogens with two attached hydrogens (primary N) is 1. The van der Waals surface area contributed by atoms with Crippen molar-refractivity contribution in [3.05, 3.63) is 17.5 Å². The van der Waals surface area contributed by atoms with Gasteiger partial charge in [0.25, 0.3) is 5.91 Å². The first-order chi connectivity index (χ1) is 12.0. The number of primary amides is 1. The third-order valence-corrected chi connectivity index (χ3v) is 4.63. The maximum absolute atomic E-state index is 12.2. The van der Waals surface area contributed by atoms with Crippen molar-refractivity contribution in [2.75, 3.05) is 26.2 Å². The number of H-pyrrole nitrogens is 1. The van der Waals surface area contributed by atoms with Crippen LogP contribution in [0.15, 0.2) is 6.07 Å². The molecule has 5 N–H and O–H groups in total. The van der Waals surface area contributed by atoms with Crippen molar-refractivity contribution < 1.29 is 14.4 Å². The quantitative estimate of drug-likeness (QED) is 0.571. The second-order valence-electron chi connectivity index (χ2n) is 6.85. The van der Waals surface area contributed by atoms with Gasteiger partial charge in [-0.15, -0.1) is 0 Å². The minimum atomic E-state index is -0.838. The molecule has 9 heteroatoms. The molecule has 0 spiro atoms. The predicted molar refractivity (Wildman–Crippen MR) is 89.8 cm³/mol. The number of piperidine rings is 1. The van der Waals surface area contributed by atoms with E-state index in [1.54, 1.807) is 0 Å². The SMILES string of the molecule is NC(=O)NC(=O)CN1CCCC(CNC(=O)c2cc(C3CC3)[nH]n2)C1. The van der Waals surface area contributed by atoms with Crippen molar-refractivity contribution >= 4 is 17.8 Å². The Balaban J connectivity index is 1.43. The van der Waals surface area contributed by atoms with E-state index in [0.717, 1.165) is 37.9 Å². The van der Waals surface area contributed by atoms with Crippen LogP contribution in [0.4, 0.5) is 4.79 Å². The number of carbonyl (C=O) groups excluding carboxylic acids is 3. The second-order valence-corrected chi connectivity index (χ2v) is 6.85. The van der Waals surface area contributed by atoms with Crippen LogP contribution in [-0.2, 0) is 4.79 Å². The molecule has 1 unspecified atom stereocenters. The van der Waals surface area contributed by atoms with Crippen molar-refractivity contribution in [3.63, 3.8) is 0 Å². The highest BCUT2D eigenvalue weighted by Crippen LogP contribution is 2.38. The molecule has 0 radical (unpaired) electrons. The maximum atomic E-state index is 12.2. The Kier molecular flexibility index (Phi) is 5.32. The third kappa shape index (κ3) is 5.02. The number of aromatic amines is 1. The lowest BCUT2D eigenvalue weighted by molar-refractivity contribution is -0.121. The number of amides is 4. The topological polar surface area (TPSA) is 133 Å². The summed E-state index contributed by atoms with van der Waals surface area (Å²) in [4.78, 5) is 36.5. The van der Waals surface area contributed by atoms with E-state index in [-0.39, 0.29) is 18.4 Å². The Morgan fingerprint density at radius 3 is 2.84 bits per heavy atom. The highest BCUT2D eigenvalue weighted by atomic mass is 16.2. The minimum absolute atomic E-state index is 0.136. The molecular weight excluding hydrogens is 324 g/mol. The maximum Gasteiger partial charge on any atom is 0.318 e. The first kappa shape index (κ1) is 17.4. The van der Waals surface area contributed by atoms with Crippen LogP contribution < -0.4 is 16.4 Å². The van der Waals surface area contributed by atoms with Crippen LogP contribution in [0, 0.1) is 5.92 Å². The average molecular weight is 348 g/mol. The van der Waals surface area contributed by atoms with Gasteiger partial charge < -0.3 is 11.1 Å². The monoisotopic (exact) mass is 348 g/mol. The van der Waals surface area contributed by atoms with E-state index in [1.165, 1.54) is 0 Å². The van der Waals surface area contributed by atoms with Gasteiger partial charge in [0.05, 0.1) is 6.54 Å². The molecule has 1 atom stereocenters. The van der Waals surface area contributed by atoms with Gasteiger partial charge in [-0.3, -0.25) is 24.9 Å². The number of likely N-dealkylation sites (tertiary alicyclic amines) is 1. The summed E-state index contributed by atoms with van der Waals surface area (Å²) in [5.74, 6) is 0.224. The van der Waals surface area contributed by atoms with E-state index in [2.05, 4.69) is 20.8 Å². The summed E-state index contributed by atoms with van der Waals surface area (Å²) < 4.78 is 0. The molecule has 0 bridgehead atoms. The van der Waals surface area contributed by atoms with E-state index < -0.39 is 11.9 Å². The van der Waals surface area contributed by atoms with Crippen LogP contribution in [-0.4, -0.2) is 59.1 Å². The largest absolute Gasteiger partial charge is 0.351 e. The number of nitrogens with one attached hydrogen (secondary N) is 3. The Labute approximate surface area is 145 Å². The minimum Gasteiger partial charge on any atom is -0.351 e. The molecule has 1 aromatic rings. The lowest BCUT2D eigenvalue weighted by atomic mass is 9.98. The Morgan fingerprint density at radius 1 is 1.32 bits per heavy atom. The second kappa shape index (κ2) is 7.64. The zero-order valence-corrected chi connectivity index (χ0v) is 14.1. The summed E-state index contributed by atoms with van der Waals surface area (Å²) >= 11 is 0. The number of hydrogen-bond acceptors (Lipinski definition) is 5. The van der Waals surface area contributed by atoms with Gasteiger partial charge in [0.15, 0.2) is 0 Å². The summed E-state index contributed by atoms with van der Waals surface area (Å²) in [6.45, 7) is 2.16. The van der Waals surface area contributed by atoms with Crippen LogP contribution in [0.25, 0.3) is 0 Å². The summed E-state index contributed by atoms with van der Waals surface area (Å²) in [6.07, 6.45) is 4.25. The van der Waals surface area contributed by atoms with Crippen molar-refractivity contribution in [3.8, 4) is 0 Å². The van der Waals surface area contributed by atoms with Gasteiger partial charge in [-0.2, -0.15) is 5.10 Å². The average Bonchev–Trinajstić information content (AvgIpc) is 3.29. The molecule has 136 valence electrons. The zero-order chi connectivity index (χ0) is 17.8. The number of urea groups is 1. The van der Waals surface area contributed by atoms with E-state index in [1.807, 2.05) is 11.0 Å². The number of hydrogen-bond donors (Lipinski definition) is 4. The summed E-state index contributed by atoms with van der Waals surface area (Å²) in [5.41, 5.74) is 6.40. The first-order valence-corrected chi connectivity index (χ1v) is 8.66. The molecule has 9 nitrogen and oxygen atoms in total. The van der Waals surface area contributed by atoms with E-state index in [4.69, 9.17) is 5.73 Å². The van der Waals surface area contributed by atoms with Gasteiger partial charge in [-0.1, -0.05) is 0 Å². The van der Waals surface area contributed by atoms with Gasteiger partial charge in [0, 0.05) is 24.7 Å². The molecule has 1 aliphatic carbocycles. The van der Waals surface area contributed by atoms with Crippen molar-refractivity contribution in [2.45, 2.75) is 31.6 Å². The molecule has 1 saturated heterocycles. The number of carbonyl (C=O) groups is 3. The van der Waals surface area contributed by atoms with Crippen molar-refractivity contribution in [1.29, 1.82) is 0 Å². The molecule has 1 aromatic heterocycles. The Morgan fingerprint density at radius 2 is 2.12 bits per heavy atom. The molecule has 25 heavy (non-hydrogen) atoms. The molecule has 1 aliphatic heterocycles. The molecular formula is C16H24N6O3. The molecule has 0 aromatic carbocycles. The molecule has 2 heterocycles. The summed E-state index contributed by atoms with van der Waals surface area (Å²) in [5, 5.41) is 12.0.